The van der Waals surface area contributed by atoms with Gasteiger partial charge in [0.25, 0.3) is 0 Å². The maximum Gasteiger partial charge on any atom is 0.356 e. The topological polar surface area (TPSA) is 39.2 Å². The van der Waals surface area contributed by atoms with Crippen molar-refractivity contribution in [3.8, 4) is 0 Å². The van der Waals surface area contributed by atoms with Crippen molar-refractivity contribution in [3.63, 3.8) is 0 Å². The summed E-state index contributed by atoms with van der Waals surface area (Å²) in [5.41, 5.74) is 1.08. The Labute approximate surface area is 98.0 Å². The number of benzene rings is 1. The number of aryl methyl sites for hydroxylation is 1. The van der Waals surface area contributed by atoms with E-state index in [4.69, 9.17) is 11.6 Å². The molecular weight excluding hydrogens is 226 g/mol. The van der Waals surface area contributed by atoms with Gasteiger partial charge in [0.05, 0.1) is 7.11 Å². The second-order valence-electron chi connectivity index (χ2n) is 3.45. The lowest BCUT2D eigenvalue weighted by Gasteiger charge is -2.05. The SMILES string of the molecule is COC(=O)c1cc2ccc(Cl)cc2c(C)n1. The van der Waals surface area contributed by atoms with Crippen LogP contribution < -0.4 is 0 Å². The molecule has 0 saturated carbocycles. The zero-order valence-corrected chi connectivity index (χ0v) is 9.71. The molecule has 0 atom stereocenters. The van der Waals surface area contributed by atoms with Gasteiger partial charge >= 0.3 is 5.97 Å². The van der Waals surface area contributed by atoms with Crippen molar-refractivity contribution in [2.75, 3.05) is 7.11 Å². The van der Waals surface area contributed by atoms with Gasteiger partial charge < -0.3 is 4.74 Å². The summed E-state index contributed by atoms with van der Waals surface area (Å²) in [5, 5.41) is 2.53. The van der Waals surface area contributed by atoms with Crippen LogP contribution in [0.25, 0.3) is 10.8 Å². The standard InChI is InChI=1S/C12H10ClNO2/c1-7-10-6-9(13)4-3-8(10)5-11(14-7)12(15)16-2/h3-6H,1-2H3. The minimum Gasteiger partial charge on any atom is -0.464 e. The van der Waals surface area contributed by atoms with Gasteiger partial charge in [0, 0.05) is 16.1 Å². The third-order valence-electron chi connectivity index (χ3n) is 2.38. The maximum absolute atomic E-state index is 11.4. The molecule has 0 N–H and O–H groups in total. The van der Waals surface area contributed by atoms with E-state index in [1.54, 1.807) is 12.1 Å². The van der Waals surface area contributed by atoms with E-state index < -0.39 is 5.97 Å². The molecule has 4 heteroatoms. The highest BCUT2D eigenvalue weighted by atomic mass is 35.5. The number of ether oxygens (including phenoxy) is 1. The van der Waals surface area contributed by atoms with Crippen LogP contribution in [-0.2, 0) is 4.74 Å². The summed E-state index contributed by atoms with van der Waals surface area (Å²) in [6.45, 7) is 1.84. The van der Waals surface area contributed by atoms with Gasteiger partial charge in [-0.2, -0.15) is 0 Å². The number of aromatic nitrogens is 1. The van der Waals surface area contributed by atoms with E-state index in [2.05, 4.69) is 9.72 Å². The van der Waals surface area contributed by atoms with Crippen molar-refractivity contribution in [1.29, 1.82) is 0 Å². The molecule has 1 aromatic carbocycles. The number of esters is 1. The van der Waals surface area contributed by atoms with E-state index in [9.17, 15) is 4.79 Å². The molecule has 0 unspecified atom stereocenters. The molecule has 0 aliphatic carbocycles. The lowest BCUT2D eigenvalue weighted by Crippen LogP contribution is -2.05. The number of fused-ring (bicyclic) bond motifs is 1. The number of hydrogen-bond acceptors (Lipinski definition) is 3. The number of hydrogen-bond donors (Lipinski definition) is 0. The highest BCUT2D eigenvalue weighted by Gasteiger charge is 2.10. The number of rotatable bonds is 1. The molecule has 0 aliphatic heterocycles. The molecule has 0 saturated heterocycles. The van der Waals surface area contributed by atoms with Gasteiger partial charge in [-0.05, 0) is 30.5 Å². The van der Waals surface area contributed by atoms with Gasteiger partial charge in [-0.1, -0.05) is 17.7 Å². The maximum atomic E-state index is 11.4. The molecule has 2 aromatic rings. The molecule has 0 amide bonds. The van der Waals surface area contributed by atoms with Crippen LogP contribution in [-0.4, -0.2) is 18.1 Å². The van der Waals surface area contributed by atoms with Crippen molar-refractivity contribution in [2.45, 2.75) is 6.92 Å². The first kappa shape index (κ1) is 10.9. The normalized spacial score (nSPS) is 10.4. The van der Waals surface area contributed by atoms with E-state index in [-0.39, 0.29) is 0 Å². The van der Waals surface area contributed by atoms with Crippen LogP contribution in [0.5, 0.6) is 0 Å². The van der Waals surface area contributed by atoms with Crippen LogP contribution in [0, 0.1) is 6.92 Å². The van der Waals surface area contributed by atoms with Crippen LogP contribution >= 0.6 is 11.6 Å². The molecule has 0 aliphatic rings. The summed E-state index contributed by atoms with van der Waals surface area (Å²) in [7, 11) is 1.34. The molecular formula is C12H10ClNO2. The predicted molar refractivity (Wildman–Crippen MR) is 62.8 cm³/mol. The van der Waals surface area contributed by atoms with E-state index in [0.29, 0.717) is 10.7 Å². The first-order valence-electron chi connectivity index (χ1n) is 4.77. The number of halogens is 1. The van der Waals surface area contributed by atoms with Gasteiger partial charge in [-0.15, -0.1) is 0 Å². The predicted octanol–water partition coefficient (Wildman–Crippen LogP) is 2.98. The number of carbonyl (C=O) groups excluding carboxylic acids is 1. The molecule has 1 aromatic heterocycles. The minimum atomic E-state index is -0.431. The van der Waals surface area contributed by atoms with Crippen molar-refractivity contribution in [2.24, 2.45) is 0 Å². The highest BCUT2D eigenvalue weighted by Crippen LogP contribution is 2.22. The zero-order chi connectivity index (χ0) is 11.7. The lowest BCUT2D eigenvalue weighted by atomic mass is 10.1. The van der Waals surface area contributed by atoms with E-state index >= 15 is 0 Å². The second-order valence-corrected chi connectivity index (χ2v) is 3.89. The Morgan fingerprint density at radius 2 is 2.12 bits per heavy atom. The van der Waals surface area contributed by atoms with Crippen LogP contribution in [0.4, 0.5) is 0 Å². The van der Waals surface area contributed by atoms with Crippen LogP contribution in [0.15, 0.2) is 24.3 Å². The summed E-state index contributed by atoms with van der Waals surface area (Å²) in [5.74, 6) is -0.431. The number of pyridine rings is 1. The fourth-order valence-corrected chi connectivity index (χ4v) is 1.77. The van der Waals surface area contributed by atoms with Crippen molar-refractivity contribution in [3.05, 3.63) is 40.7 Å². The molecule has 2 rings (SSSR count). The number of nitrogens with zero attached hydrogens (tertiary/aromatic N) is 1. The molecule has 0 fully saturated rings. The Morgan fingerprint density at radius 1 is 1.38 bits per heavy atom. The fraction of sp³-hybridized carbons (Fsp3) is 0.167. The van der Waals surface area contributed by atoms with Gasteiger partial charge in [0.15, 0.2) is 0 Å². The molecule has 1 heterocycles. The zero-order valence-electron chi connectivity index (χ0n) is 8.95. The van der Waals surface area contributed by atoms with Crippen molar-refractivity contribution in [1.82, 2.24) is 4.98 Å². The van der Waals surface area contributed by atoms with Gasteiger partial charge in [0.2, 0.25) is 0 Å². The molecule has 82 valence electrons. The summed E-state index contributed by atoms with van der Waals surface area (Å²) >= 11 is 5.90. The minimum absolute atomic E-state index is 0.315. The summed E-state index contributed by atoms with van der Waals surface area (Å²) < 4.78 is 4.64. The van der Waals surface area contributed by atoms with Crippen LogP contribution in [0.2, 0.25) is 5.02 Å². The third kappa shape index (κ3) is 1.86. The van der Waals surface area contributed by atoms with Crippen LogP contribution in [0.1, 0.15) is 16.2 Å². The Bertz CT molecular complexity index is 566. The fourth-order valence-electron chi connectivity index (χ4n) is 1.60. The first-order valence-corrected chi connectivity index (χ1v) is 5.15. The molecule has 3 nitrogen and oxygen atoms in total. The Kier molecular flexibility index (Phi) is 2.79. The Balaban J connectivity index is 2.68. The Morgan fingerprint density at radius 3 is 2.81 bits per heavy atom. The smallest absolute Gasteiger partial charge is 0.356 e. The average Bonchev–Trinajstić information content (AvgIpc) is 2.28. The molecule has 0 spiro atoms. The van der Waals surface area contributed by atoms with Gasteiger partial charge in [0.1, 0.15) is 5.69 Å². The average molecular weight is 236 g/mol. The second kappa shape index (κ2) is 4.10. The van der Waals surface area contributed by atoms with Crippen LogP contribution in [0.3, 0.4) is 0 Å². The highest BCUT2D eigenvalue weighted by molar-refractivity contribution is 6.31. The van der Waals surface area contributed by atoms with Gasteiger partial charge in [-0.25, -0.2) is 9.78 Å². The summed E-state index contributed by atoms with van der Waals surface area (Å²) in [6.07, 6.45) is 0. The molecule has 16 heavy (non-hydrogen) atoms. The monoisotopic (exact) mass is 235 g/mol. The largest absolute Gasteiger partial charge is 0.464 e. The quantitative estimate of drug-likeness (QED) is 0.714. The lowest BCUT2D eigenvalue weighted by molar-refractivity contribution is 0.0594. The van der Waals surface area contributed by atoms with Crippen molar-refractivity contribution < 1.29 is 9.53 Å². The van der Waals surface area contributed by atoms with Gasteiger partial charge in [-0.3, -0.25) is 0 Å². The van der Waals surface area contributed by atoms with E-state index in [0.717, 1.165) is 16.5 Å². The molecule has 0 bridgehead atoms. The Hall–Kier alpha value is -1.61. The summed E-state index contributed by atoms with van der Waals surface area (Å²) in [6, 6.07) is 7.17. The first-order chi connectivity index (χ1) is 7.61. The summed E-state index contributed by atoms with van der Waals surface area (Å²) in [4.78, 5) is 15.5. The van der Waals surface area contributed by atoms with E-state index in [1.165, 1.54) is 7.11 Å². The molecule has 0 radical (unpaired) electrons. The number of methoxy groups -OCH3 is 1. The number of carbonyl (C=O) groups is 1. The van der Waals surface area contributed by atoms with Crippen molar-refractivity contribution >= 4 is 28.3 Å². The third-order valence-corrected chi connectivity index (χ3v) is 2.62. The van der Waals surface area contributed by atoms with E-state index in [1.807, 2.05) is 19.1 Å².